The highest BCUT2D eigenvalue weighted by atomic mass is 19.1. The fraction of sp³-hybridized carbons (Fsp3) is 0.429. The molecular weight excluding hydrogens is 263 g/mol. The summed E-state index contributed by atoms with van der Waals surface area (Å²) >= 11 is 0. The molecule has 1 aliphatic rings. The Morgan fingerprint density at radius 3 is 2.75 bits per heavy atom. The van der Waals surface area contributed by atoms with Gasteiger partial charge in [0.2, 0.25) is 5.91 Å². The minimum absolute atomic E-state index is 0.111. The van der Waals surface area contributed by atoms with Crippen LogP contribution in [-0.2, 0) is 16.0 Å². The van der Waals surface area contributed by atoms with E-state index in [0.29, 0.717) is 25.9 Å². The summed E-state index contributed by atoms with van der Waals surface area (Å²) in [6, 6.07) is 6.08. The number of carbonyl (C=O) groups is 2. The fourth-order valence-electron chi connectivity index (χ4n) is 1.98. The Morgan fingerprint density at radius 1 is 1.45 bits per heavy atom. The van der Waals surface area contributed by atoms with Crippen molar-refractivity contribution < 1.29 is 18.7 Å². The lowest BCUT2D eigenvalue weighted by molar-refractivity contribution is -0.121. The van der Waals surface area contributed by atoms with Gasteiger partial charge in [0.25, 0.3) is 0 Å². The number of ether oxygens (including phenoxy) is 1. The second-order valence-corrected chi connectivity index (χ2v) is 4.82. The monoisotopic (exact) mass is 280 g/mol. The lowest BCUT2D eigenvalue weighted by Crippen LogP contribution is -2.34. The van der Waals surface area contributed by atoms with Crippen molar-refractivity contribution in [1.82, 2.24) is 10.2 Å². The van der Waals surface area contributed by atoms with Gasteiger partial charge in [0.1, 0.15) is 11.9 Å². The van der Waals surface area contributed by atoms with E-state index in [-0.39, 0.29) is 23.9 Å². The Hall–Kier alpha value is -2.11. The first-order valence-corrected chi connectivity index (χ1v) is 6.47. The largest absolute Gasteiger partial charge is 0.442 e. The molecule has 1 aromatic carbocycles. The molecule has 1 saturated heterocycles. The molecule has 0 spiro atoms. The van der Waals surface area contributed by atoms with E-state index in [9.17, 15) is 14.0 Å². The van der Waals surface area contributed by atoms with Crippen LogP contribution < -0.4 is 5.32 Å². The second kappa shape index (κ2) is 6.36. The molecule has 2 rings (SSSR count). The number of hydrogen-bond donors (Lipinski definition) is 1. The number of nitrogens with one attached hydrogen (secondary N) is 1. The molecule has 1 unspecified atom stereocenters. The third-order valence-electron chi connectivity index (χ3n) is 3.14. The molecular formula is C14H17FN2O3. The van der Waals surface area contributed by atoms with Crippen LogP contribution in [0.15, 0.2) is 24.3 Å². The first kappa shape index (κ1) is 14.3. The molecule has 1 heterocycles. The quantitative estimate of drug-likeness (QED) is 0.885. The summed E-state index contributed by atoms with van der Waals surface area (Å²) in [6.07, 6.45) is 0.219. The molecule has 1 N–H and O–H groups in total. The van der Waals surface area contributed by atoms with Crippen LogP contribution >= 0.6 is 0 Å². The number of rotatable bonds is 5. The van der Waals surface area contributed by atoms with Gasteiger partial charge in [-0.3, -0.25) is 4.79 Å². The molecule has 2 amide bonds. The van der Waals surface area contributed by atoms with Gasteiger partial charge in [-0.15, -0.1) is 0 Å². The fourth-order valence-corrected chi connectivity index (χ4v) is 1.98. The van der Waals surface area contributed by atoms with Crippen molar-refractivity contribution in [2.24, 2.45) is 0 Å². The lowest BCUT2D eigenvalue weighted by atomic mass is 10.1. The Bertz CT molecular complexity index is 490. The van der Waals surface area contributed by atoms with Gasteiger partial charge >= 0.3 is 6.09 Å². The van der Waals surface area contributed by atoms with Crippen LogP contribution in [0.4, 0.5) is 9.18 Å². The van der Waals surface area contributed by atoms with Crippen molar-refractivity contribution in [2.45, 2.75) is 18.9 Å². The molecule has 1 atom stereocenters. The summed E-state index contributed by atoms with van der Waals surface area (Å²) < 4.78 is 17.7. The minimum Gasteiger partial charge on any atom is -0.442 e. The molecule has 0 saturated carbocycles. The summed E-state index contributed by atoms with van der Waals surface area (Å²) in [6.45, 7) is 0.801. The highest BCUT2D eigenvalue weighted by molar-refractivity contribution is 5.76. The van der Waals surface area contributed by atoms with E-state index in [1.807, 2.05) is 0 Å². The predicted octanol–water partition coefficient (Wildman–Crippen LogP) is 1.33. The van der Waals surface area contributed by atoms with Crippen LogP contribution in [0.3, 0.4) is 0 Å². The lowest BCUT2D eigenvalue weighted by Gasteiger charge is -2.09. The summed E-state index contributed by atoms with van der Waals surface area (Å²) in [4.78, 5) is 24.3. The van der Waals surface area contributed by atoms with Crippen LogP contribution in [0.2, 0.25) is 0 Å². The summed E-state index contributed by atoms with van der Waals surface area (Å²) in [5.41, 5.74) is 0.911. The number of cyclic esters (lactones) is 1. The summed E-state index contributed by atoms with van der Waals surface area (Å²) in [5.74, 6) is -0.398. The van der Waals surface area contributed by atoms with Crippen molar-refractivity contribution >= 4 is 12.0 Å². The van der Waals surface area contributed by atoms with Crippen molar-refractivity contribution in [3.63, 3.8) is 0 Å². The zero-order chi connectivity index (χ0) is 14.5. The number of aryl methyl sites for hydroxylation is 1. The highest BCUT2D eigenvalue weighted by Crippen LogP contribution is 2.08. The standard InChI is InChI=1S/C14H17FN2O3/c1-17-9-12(20-14(17)19)8-16-13(18)7-4-10-2-5-11(15)6-3-10/h2-3,5-6,12H,4,7-9H2,1H3,(H,16,18). The number of halogens is 1. The normalized spacial score (nSPS) is 18.0. The first-order valence-electron chi connectivity index (χ1n) is 6.47. The Balaban J connectivity index is 1.68. The smallest absolute Gasteiger partial charge is 0.410 e. The molecule has 6 heteroatoms. The number of amides is 2. The van der Waals surface area contributed by atoms with E-state index in [2.05, 4.69) is 5.32 Å². The second-order valence-electron chi connectivity index (χ2n) is 4.82. The summed E-state index contributed by atoms with van der Waals surface area (Å²) in [5, 5.41) is 2.73. The topological polar surface area (TPSA) is 58.6 Å². The number of likely N-dealkylation sites (N-methyl/N-ethyl adjacent to an activating group) is 1. The predicted molar refractivity (Wildman–Crippen MR) is 70.6 cm³/mol. The molecule has 5 nitrogen and oxygen atoms in total. The average Bonchev–Trinajstić information content (AvgIpc) is 2.75. The Kier molecular flexibility index (Phi) is 4.55. The average molecular weight is 280 g/mol. The number of hydrogen-bond acceptors (Lipinski definition) is 3. The third-order valence-corrected chi connectivity index (χ3v) is 3.14. The summed E-state index contributed by atoms with van der Waals surface area (Å²) in [7, 11) is 1.65. The Labute approximate surface area is 116 Å². The zero-order valence-electron chi connectivity index (χ0n) is 11.3. The van der Waals surface area contributed by atoms with Gasteiger partial charge < -0.3 is 15.0 Å². The van der Waals surface area contributed by atoms with Gasteiger partial charge in [-0.2, -0.15) is 0 Å². The molecule has 0 radical (unpaired) electrons. The van der Waals surface area contributed by atoms with Gasteiger partial charge in [-0.1, -0.05) is 12.1 Å². The van der Waals surface area contributed by atoms with Crippen LogP contribution in [-0.4, -0.2) is 43.1 Å². The van der Waals surface area contributed by atoms with E-state index < -0.39 is 0 Å². The maximum atomic E-state index is 12.7. The SMILES string of the molecule is CN1CC(CNC(=O)CCc2ccc(F)cc2)OC1=O. The van der Waals surface area contributed by atoms with E-state index in [4.69, 9.17) is 4.74 Å². The molecule has 0 aromatic heterocycles. The van der Waals surface area contributed by atoms with Crippen LogP contribution in [0.1, 0.15) is 12.0 Å². The van der Waals surface area contributed by atoms with Crippen molar-refractivity contribution in [3.8, 4) is 0 Å². The maximum Gasteiger partial charge on any atom is 0.410 e. The van der Waals surface area contributed by atoms with E-state index in [0.717, 1.165) is 5.56 Å². The molecule has 1 aliphatic heterocycles. The van der Waals surface area contributed by atoms with E-state index >= 15 is 0 Å². The van der Waals surface area contributed by atoms with E-state index in [1.54, 1.807) is 19.2 Å². The van der Waals surface area contributed by atoms with Crippen molar-refractivity contribution in [1.29, 1.82) is 0 Å². The molecule has 1 fully saturated rings. The van der Waals surface area contributed by atoms with E-state index in [1.165, 1.54) is 17.0 Å². The van der Waals surface area contributed by atoms with Gasteiger partial charge in [0.05, 0.1) is 13.1 Å². The molecule has 0 bridgehead atoms. The third kappa shape index (κ3) is 3.94. The minimum atomic E-state index is -0.365. The van der Waals surface area contributed by atoms with Gasteiger partial charge in [0.15, 0.2) is 0 Å². The van der Waals surface area contributed by atoms with Crippen molar-refractivity contribution in [2.75, 3.05) is 20.1 Å². The van der Waals surface area contributed by atoms with Gasteiger partial charge in [0, 0.05) is 13.5 Å². The Morgan fingerprint density at radius 2 is 2.15 bits per heavy atom. The van der Waals surface area contributed by atoms with Crippen LogP contribution in [0.5, 0.6) is 0 Å². The zero-order valence-corrected chi connectivity index (χ0v) is 11.3. The molecule has 20 heavy (non-hydrogen) atoms. The number of carbonyl (C=O) groups excluding carboxylic acids is 2. The van der Waals surface area contributed by atoms with Gasteiger partial charge in [-0.25, -0.2) is 9.18 Å². The maximum absolute atomic E-state index is 12.7. The molecule has 1 aromatic rings. The van der Waals surface area contributed by atoms with Crippen LogP contribution in [0, 0.1) is 5.82 Å². The van der Waals surface area contributed by atoms with Crippen molar-refractivity contribution in [3.05, 3.63) is 35.6 Å². The molecule has 0 aliphatic carbocycles. The molecule has 108 valence electrons. The van der Waals surface area contributed by atoms with Gasteiger partial charge in [-0.05, 0) is 24.1 Å². The number of nitrogens with zero attached hydrogens (tertiary/aromatic N) is 1. The highest BCUT2D eigenvalue weighted by Gasteiger charge is 2.28. The first-order chi connectivity index (χ1) is 9.54. The number of benzene rings is 1. The van der Waals surface area contributed by atoms with Crippen LogP contribution in [0.25, 0.3) is 0 Å².